The number of halogens is 2. The highest BCUT2D eigenvalue weighted by Crippen LogP contribution is 2.38. The molecule has 6 heteroatoms. The molecule has 0 spiro atoms. The normalized spacial score (nSPS) is 17.8. The summed E-state index contributed by atoms with van der Waals surface area (Å²) in [5.74, 6) is -0.182. The lowest BCUT2D eigenvalue weighted by molar-refractivity contribution is 0.0947. The molecule has 110 valence electrons. The second-order valence-corrected chi connectivity index (χ2v) is 7.19. The third-order valence-corrected chi connectivity index (χ3v) is 5.76. The first-order valence-electron chi connectivity index (χ1n) is 6.71. The van der Waals surface area contributed by atoms with Crippen molar-refractivity contribution in [3.8, 4) is 0 Å². The minimum atomic E-state index is -0.182. The Kier molecular flexibility index (Phi) is 5.58. The number of nitrogens with zero attached hydrogens (tertiary/aromatic N) is 1. The summed E-state index contributed by atoms with van der Waals surface area (Å²) < 4.78 is 0.164. The quantitative estimate of drug-likeness (QED) is 0.841. The van der Waals surface area contributed by atoms with Crippen LogP contribution in [0, 0.1) is 0 Å². The fourth-order valence-corrected chi connectivity index (χ4v) is 3.83. The summed E-state index contributed by atoms with van der Waals surface area (Å²) in [6.45, 7) is 0.670. The van der Waals surface area contributed by atoms with Gasteiger partial charge in [-0.15, -0.1) is 0 Å². The van der Waals surface area contributed by atoms with Gasteiger partial charge in [0.25, 0.3) is 5.91 Å². The predicted octanol–water partition coefficient (Wildman–Crippen LogP) is 4.18. The summed E-state index contributed by atoms with van der Waals surface area (Å²) in [6.07, 6.45) is 9.59. The van der Waals surface area contributed by atoms with Crippen LogP contribution in [0.5, 0.6) is 0 Å². The Labute approximate surface area is 133 Å². The summed E-state index contributed by atoms with van der Waals surface area (Å²) in [4.78, 5) is 16.1. The average molecular weight is 333 g/mol. The minimum Gasteiger partial charge on any atom is -0.351 e. The monoisotopic (exact) mass is 332 g/mol. The Balaban J connectivity index is 2.02. The van der Waals surface area contributed by atoms with E-state index in [1.807, 2.05) is 11.8 Å². The summed E-state index contributed by atoms with van der Waals surface area (Å²) in [7, 11) is 0. The summed E-state index contributed by atoms with van der Waals surface area (Å²) in [5, 5.41) is 3.60. The lowest BCUT2D eigenvalue weighted by Gasteiger charge is -2.35. The first-order valence-corrected chi connectivity index (χ1v) is 8.69. The van der Waals surface area contributed by atoms with E-state index in [2.05, 4.69) is 16.6 Å². The van der Waals surface area contributed by atoms with Crippen molar-refractivity contribution in [3.63, 3.8) is 0 Å². The number of rotatable bonds is 4. The van der Waals surface area contributed by atoms with Gasteiger partial charge in [-0.3, -0.25) is 4.79 Å². The van der Waals surface area contributed by atoms with Crippen molar-refractivity contribution in [1.82, 2.24) is 10.3 Å². The third kappa shape index (κ3) is 3.80. The molecule has 1 aliphatic carbocycles. The molecule has 0 aliphatic heterocycles. The zero-order chi connectivity index (χ0) is 14.6. The van der Waals surface area contributed by atoms with E-state index in [0.717, 1.165) is 12.8 Å². The van der Waals surface area contributed by atoms with Crippen LogP contribution < -0.4 is 5.32 Å². The van der Waals surface area contributed by atoms with Gasteiger partial charge in [-0.25, -0.2) is 4.98 Å². The number of carbonyl (C=O) groups is 1. The van der Waals surface area contributed by atoms with Gasteiger partial charge in [0.1, 0.15) is 5.15 Å². The number of hydrogen-bond acceptors (Lipinski definition) is 3. The third-order valence-electron chi connectivity index (χ3n) is 3.84. The summed E-state index contributed by atoms with van der Waals surface area (Å²) in [6, 6.07) is 1.51. The zero-order valence-corrected chi connectivity index (χ0v) is 13.7. The molecule has 0 atom stereocenters. The van der Waals surface area contributed by atoms with Crippen molar-refractivity contribution < 1.29 is 4.79 Å². The van der Waals surface area contributed by atoms with Gasteiger partial charge < -0.3 is 5.32 Å². The molecule has 2 rings (SSSR count). The van der Waals surface area contributed by atoms with Crippen molar-refractivity contribution in [3.05, 3.63) is 28.0 Å². The van der Waals surface area contributed by atoms with Crippen LogP contribution in [0.1, 0.15) is 42.5 Å². The van der Waals surface area contributed by atoms with Crippen LogP contribution in [0.25, 0.3) is 0 Å². The van der Waals surface area contributed by atoms with Crippen LogP contribution in [0.4, 0.5) is 0 Å². The Morgan fingerprint density at radius 2 is 2.10 bits per heavy atom. The molecule has 3 nitrogen and oxygen atoms in total. The van der Waals surface area contributed by atoms with Crippen LogP contribution in [-0.4, -0.2) is 28.4 Å². The molecule has 20 heavy (non-hydrogen) atoms. The maximum absolute atomic E-state index is 12.2. The molecule has 0 unspecified atom stereocenters. The highest BCUT2D eigenvalue weighted by molar-refractivity contribution is 8.00. The largest absolute Gasteiger partial charge is 0.351 e. The van der Waals surface area contributed by atoms with Gasteiger partial charge in [0.05, 0.1) is 10.6 Å². The van der Waals surface area contributed by atoms with Gasteiger partial charge in [0, 0.05) is 17.5 Å². The smallest absolute Gasteiger partial charge is 0.253 e. The molecule has 1 aromatic rings. The molecular weight excluding hydrogens is 315 g/mol. The van der Waals surface area contributed by atoms with E-state index < -0.39 is 0 Å². The van der Waals surface area contributed by atoms with E-state index in [1.165, 1.54) is 31.5 Å². The van der Waals surface area contributed by atoms with Gasteiger partial charge >= 0.3 is 0 Å². The maximum Gasteiger partial charge on any atom is 0.253 e. The van der Waals surface area contributed by atoms with Gasteiger partial charge in [0.2, 0.25) is 0 Å². The fourth-order valence-electron chi connectivity index (χ4n) is 2.57. The van der Waals surface area contributed by atoms with E-state index >= 15 is 0 Å². The molecular formula is C14H18Cl2N2OS. The van der Waals surface area contributed by atoms with Crippen LogP contribution >= 0.6 is 35.0 Å². The van der Waals surface area contributed by atoms with Crippen LogP contribution in [0.3, 0.4) is 0 Å². The lowest BCUT2D eigenvalue weighted by Crippen LogP contribution is -2.41. The summed E-state index contributed by atoms with van der Waals surface area (Å²) in [5.41, 5.74) is 0.388. The van der Waals surface area contributed by atoms with Gasteiger partial charge in [-0.05, 0) is 25.2 Å². The van der Waals surface area contributed by atoms with Crippen molar-refractivity contribution in [2.24, 2.45) is 0 Å². The number of amides is 1. The molecule has 1 aliphatic rings. The maximum atomic E-state index is 12.2. The number of carbonyl (C=O) groups excluding carboxylic acids is 1. The molecule has 0 aromatic carbocycles. The number of nitrogens with one attached hydrogen (secondary N) is 1. The molecule has 1 fully saturated rings. The van der Waals surface area contributed by atoms with Crippen molar-refractivity contribution in [2.75, 3.05) is 12.8 Å². The number of aromatic nitrogens is 1. The molecule has 1 saturated carbocycles. The Bertz CT molecular complexity index is 490. The van der Waals surface area contributed by atoms with Gasteiger partial charge in [-0.1, -0.05) is 42.5 Å². The number of thioether (sulfide) groups is 1. The first kappa shape index (κ1) is 15.9. The highest BCUT2D eigenvalue weighted by Gasteiger charge is 2.31. The molecule has 0 saturated heterocycles. The minimum absolute atomic E-state index is 0.164. The van der Waals surface area contributed by atoms with E-state index in [0.29, 0.717) is 17.1 Å². The molecule has 0 radical (unpaired) electrons. The van der Waals surface area contributed by atoms with Crippen LogP contribution in [0.15, 0.2) is 12.3 Å². The molecule has 1 aromatic heterocycles. The average Bonchev–Trinajstić information content (AvgIpc) is 2.48. The number of hydrogen-bond donors (Lipinski definition) is 1. The second-order valence-electron chi connectivity index (χ2n) is 5.12. The summed E-state index contributed by atoms with van der Waals surface area (Å²) >= 11 is 13.7. The lowest BCUT2D eigenvalue weighted by atomic mass is 9.88. The van der Waals surface area contributed by atoms with E-state index in [-0.39, 0.29) is 15.8 Å². The predicted molar refractivity (Wildman–Crippen MR) is 85.9 cm³/mol. The van der Waals surface area contributed by atoms with Crippen molar-refractivity contribution in [2.45, 2.75) is 36.9 Å². The molecule has 1 amide bonds. The van der Waals surface area contributed by atoms with E-state index in [9.17, 15) is 4.79 Å². The molecule has 1 heterocycles. The standard InChI is InChI=1S/C14H18Cl2N2OS/c1-20-14(5-3-2-4-6-14)9-18-13(19)10-7-12(16)17-8-11(10)15/h7-8H,2-6,9H2,1H3,(H,18,19). The van der Waals surface area contributed by atoms with E-state index in [4.69, 9.17) is 23.2 Å². The van der Waals surface area contributed by atoms with Crippen molar-refractivity contribution in [1.29, 1.82) is 0 Å². The highest BCUT2D eigenvalue weighted by atomic mass is 35.5. The van der Waals surface area contributed by atoms with Crippen LogP contribution in [0.2, 0.25) is 10.2 Å². The van der Waals surface area contributed by atoms with Crippen LogP contribution in [-0.2, 0) is 0 Å². The van der Waals surface area contributed by atoms with Gasteiger partial charge in [0.15, 0.2) is 0 Å². The topological polar surface area (TPSA) is 42.0 Å². The van der Waals surface area contributed by atoms with Gasteiger partial charge in [-0.2, -0.15) is 11.8 Å². The van der Waals surface area contributed by atoms with Crippen molar-refractivity contribution >= 4 is 40.9 Å². The molecule has 1 N–H and O–H groups in total. The zero-order valence-electron chi connectivity index (χ0n) is 11.4. The molecule has 0 bridgehead atoms. The second kappa shape index (κ2) is 7.01. The fraction of sp³-hybridized carbons (Fsp3) is 0.571. The Hall–Kier alpha value is -0.450. The Morgan fingerprint density at radius 1 is 1.40 bits per heavy atom. The number of pyridine rings is 1. The first-order chi connectivity index (χ1) is 9.56. The Morgan fingerprint density at radius 3 is 2.75 bits per heavy atom. The van der Waals surface area contributed by atoms with E-state index in [1.54, 1.807) is 0 Å². The SMILES string of the molecule is CSC1(CNC(=O)c2cc(Cl)ncc2Cl)CCCCC1.